The number of nitrogens with one attached hydrogen (secondary N) is 1. The van der Waals surface area contributed by atoms with Crippen molar-refractivity contribution >= 4 is 104 Å². The van der Waals surface area contributed by atoms with Gasteiger partial charge in [0.25, 0.3) is 0 Å². The first-order chi connectivity index (χ1) is 11.0. The number of hydrogen-bond donors (Lipinski definition) is 1. The average molecular weight is 489 g/mol. The van der Waals surface area contributed by atoms with Crippen molar-refractivity contribution in [3.05, 3.63) is 38.3 Å². The van der Waals surface area contributed by atoms with Crippen LogP contribution in [-0.2, 0) is 4.79 Å². The van der Waals surface area contributed by atoms with Crippen molar-refractivity contribution in [2.75, 3.05) is 5.32 Å². The Labute approximate surface area is 178 Å². The highest BCUT2D eigenvalue weighted by Gasteiger charge is 2.79. The van der Waals surface area contributed by atoms with Crippen molar-refractivity contribution < 1.29 is 4.79 Å². The Hall–Kier alpha value is 0.750. The lowest BCUT2D eigenvalue weighted by atomic mass is 9.91. The summed E-state index contributed by atoms with van der Waals surface area (Å²) in [5, 5.41) is 3.40. The molecule has 10 heteroatoms. The third kappa shape index (κ3) is 2.42. The fourth-order valence-electron chi connectivity index (χ4n) is 2.99. The number of carbonyl (C=O) groups excluding carboxylic acids is 1. The van der Waals surface area contributed by atoms with Crippen LogP contribution >= 0.6 is 92.8 Å². The molecule has 2 nitrogen and oxygen atoms in total. The van der Waals surface area contributed by atoms with E-state index in [0.29, 0.717) is 10.7 Å². The van der Waals surface area contributed by atoms with Crippen LogP contribution in [0.25, 0.3) is 0 Å². The molecule has 1 saturated carbocycles. The van der Waals surface area contributed by atoms with Gasteiger partial charge in [-0.1, -0.05) is 69.6 Å². The summed E-state index contributed by atoms with van der Waals surface area (Å²) < 4.78 is -1.75. The number of alkyl halides is 4. The number of anilines is 1. The van der Waals surface area contributed by atoms with Gasteiger partial charge < -0.3 is 5.32 Å². The van der Waals surface area contributed by atoms with Gasteiger partial charge in [0.2, 0.25) is 5.91 Å². The van der Waals surface area contributed by atoms with Crippen molar-refractivity contribution in [1.29, 1.82) is 0 Å². The van der Waals surface area contributed by atoms with Gasteiger partial charge in [-0.25, -0.2) is 0 Å². The fourth-order valence-corrected chi connectivity index (χ4v) is 6.22. The van der Waals surface area contributed by atoms with Gasteiger partial charge in [0, 0.05) is 5.02 Å². The van der Waals surface area contributed by atoms with E-state index in [-0.39, 0.29) is 21.5 Å². The smallest absolute Gasteiger partial charge is 0.229 e. The molecule has 130 valence electrons. The van der Waals surface area contributed by atoms with Gasteiger partial charge in [0.15, 0.2) is 4.33 Å². The van der Waals surface area contributed by atoms with Crippen molar-refractivity contribution in [2.45, 2.75) is 20.5 Å². The molecule has 0 saturated heterocycles. The maximum Gasteiger partial charge on any atom is 0.229 e. The lowest BCUT2D eigenvalue weighted by molar-refractivity contribution is -0.120. The van der Waals surface area contributed by atoms with Gasteiger partial charge in [-0.3, -0.25) is 4.79 Å². The van der Waals surface area contributed by atoms with Gasteiger partial charge in [0.05, 0.1) is 26.7 Å². The molecule has 0 aliphatic heterocycles. The van der Waals surface area contributed by atoms with Crippen molar-refractivity contribution in [3.63, 3.8) is 0 Å². The minimum atomic E-state index is -1.75. The van der Waals surface area contributed by atoms with Gasteiger partial charge >= 0.3 is 0 Å². The molecule has 1 N–H and O–H groups in total. The first-order valence-corrected chi connectivity index (χ1v) is 9.57. The Morgan fingerprint density at radius 3 is 2.17 bits per heavy atom. The van der Waals surface area contributed by atoms with Crippen LogP contribution in [0.2, 0.25) is 10.0 Å². The van der Waals surface area contributed by atoms with E-state index in [1.54, 1.807) is 12.1 Å². The Bertz CT molecular complexity index is 778. The number of rotatable bonds is 2. The SMILES string of the molecule is O=C(Nc1ccc(Cl)cc1Cl)[C@@H]1C[C@]2(Cl)C(Cl)=C(Cl)[C@]1(Cl)C2(Cl)Cl. The van der Waals surface area contributed by atoms with Crippen molar-refractivity contribution in [2.24, 2.45) is 5.92 Å². The third-order valence-electron chi connectivity index (χ3n) is 4.29. The maximum atomic E-state index is 12.7. The zero-order valence-electron chi connectivity index (χ0n) is 11.4. The Morgan fingerprint density at radius 2 is 1.67 bits per heavy atom. The molecule has 2 aliphatic rings. The average Bonchev–Trinajstić information content (AvgIpc) is 2.72. The highest BCUT2D eigenvalue weighted by Crippen LogP contribution is 2.74. The predicted octanol–water partition coefficient (Wildman–Crippen LogP) is 6.78. The molecular weight excluding hydrogens is 482 g/mol. The molecule has 0 spiro atoms. The van der Waals surface area contributed by atoms with E-state index < -0.39 is 25.9 Å². The second-order valence-corrected chi connectivity index (χ2v) is 9.75. The van der Waals surface area contributed by atoms with Crippen LogP contribution in [0, 0.1) is 5.92 Å². The molecule has 1 amide bonds. The van der Waals surface area contributed by atoms with Crippen LogP contribution in [0.15, 0.2) is 28.3 Å². The van der Waals surface area contributed by atoms with Gasteiger partial charge in [0.1, 0.15) is 9.75 Å². The second-order valence-electron chi connectivity index (χ2n) is 5.59. The summed E-state index contributed by atoms with van der Waals surface area (Å²) in [6, 6.07) is 4.64. The number of benzene rings is 1. The molecule has 1 aromatic carbocycles. The molecule has 3 atom stereocenters. The Balaban J connectivity index is 1.96. The normalized spacial score (nSPS) is 33.9. The van der Waals surface area contributed by atoms with Gasteiger partial charge in [-0.15, -0.1) is 23.2 Å². The Morgan fingerprint density at radius 1 is 1.04 bits per heavy atom. The summed E-state index contributed by atoms with van der Waals surface area (Å²) >= 11 is 50.0. The highest BCUT2D eigenvalue weighted by atomic mass is 35.5. The molecule has 0 unspecified atom stereocenters. The summed E-state index contributed by atoms with van der Waals surface area (Å²) in [4.78, 5) is 9.66. The molecule has 2 aliphatic carbocycles. The lowest BCUT2D eigenvalue weighted by Gasteiger charge is -2.33. The number of allylic oxidation sites excluding steroid dienone is 2. The molecule has 1 fully saturated rings. The topological polar surface area (TPSA) is 29.1 Å². The van der Waals surface area contributed by atoms with E-state index in [1.165, 1.54) is 6.07 Å². The second kappa shape index (κ2) is 6.14. The summed E-state index contributed by atoms with van der Waals surface area (Å²) in [6.07, 6.45) is 0.0250. The molecule has 0 aromatic heterocycles. The van der Waals surface area contributed by atoms with E-state index >= 15 is 0 Å². The summed E-state index contributed by atoms with van der Waals surface area (Å²) in [7, 11) is 0. The van der Waals surface area contributed by atoms with Crippen LogP contribution in [-0.4, -0.2) is 20.0 Å². The van der Waals surface area contributed by atoms with Crippen LogP contribution in [0.4, 0.5) is 5.69 Å². The largest absolute Gasteiger partial charge is 0.324 e. The number of carbonyl (C=O) groups is 1. The zero-order valence-corrected chi connectivity index (χ0v) is 17.5. The van der Waals surface area contributed by atoms with E-state index in [9.17, 15) is 4.79 Å². The van der Waals surface area contributed by atoms with Crippen LogP contribution in [0.5, 0.6) is 0 Å². The third-order valence-corrected chi connectivity index (χ3v) is 9.11. The van der Waals surface area contributed by atoms with E-state index in [0.717, 1.165) is 0 Å². The highest BCUT2D eigenvalue weighted by molar-refractivity contribution is 6.66. The van der Waals surface area contributed by atoms with Gasteiger partial charge in [-0.05, 0) is 24.6 Å². The van der Waals surface area contributed by atoms with E-state index in [1.807, 2.05) is 0 Å². The predicted molar refractivity (Wildman–Crippen MR) is 104 cm³/mol. The minimum Gasteiger partial charge on any atom is -0.324 e. The molecule has 24 heavy (non-hydrogen) atoms. The Kier molecular flexibility index (Phi) is 4.99. The minimum absolute atomic E-state index is 0.0250. The molecule has 1 aromatic rings. The number of halogens is 8. The molecule has 0 radical (unpaired) electrons. The number of hydrogen-bond acceptors (Lipinski definition) is 1. The van der Waals surface area contributed by atoms with Crippen LogP contribution < -0.4 is 5.32 Å². The van der Waals surface area contributed by atoms with E-state index in [2.05, 4.69) is 5.32 Å². The summed E-state index contributed by atoms with van der Waals surface area (Å²) in [6.45, 7) is 0. The van der Waals surface area contributed by atoms with Crippen molar-refractivity contribution in [3.8, 4) is 0 Å². The number of fused-ring (bicyclic) bond motifs is 2. The summed E-state index contributed by atoms with van der Waals surface area (Å²) in [5.74, 6) is -1.39. The first-order valence-electron chi connectivity index (χ1n) is 6.54. The fraction of sp³-hybridized carbons (Fsp3) is 0.357. The standard InChI is InChI=1S/C14H7Cl8NO/c15-5-1-2-8(7(16)3-5)23-11(24)6-4-12(19)9(17)10(18)13(6,20)14(12,21)22/h1-3,6H,4H2,(H,23,24)/t6-,12-,13-/m0/s1. The summed E-state index contributed by atoms with van der Waals surface area (Å²) in [5.41, 5.74) is 0.360. The molecule has 3 rings (SSSR count). The number of amides is 1. The van der Waals surface area contributed by atoms with E-state index in [4.69, 9.17) is 92.8 Å². The van der Waals surface area contributed by atoms with Crippen molar-refractivity contribution in [1.82, 2.24) is 0 Å². The maximum absolute atomic E-state index is 12.7. The molecule has 0 heterocycles. The zero-order chi connectivity index (χ0) is 18.1. The van der Waals surface area contributed by atoms with Gasteiger partial charge in [-0.2, -0.15) is 0 Å². The van der Waals surface area contributed by atoms with Crippen LogP contribution in [0.1, 0.15) is 6.42 Å². The van der Waals surface area contributed by atoms with Crippen LogP contribution in [0.3, 0.4) is 0 Å². The first kappa shape index (κ1) is 19.5. The lowest BCUT2D eigenvalue weighted by Crippen LogP contribution is -2.46. The monoisotopic (exact) mass is 485 g/mol. The quantitative estimate of drug-likeness (QED) is 0.457. The molecule has 2 bridgehead atoms. The molecular formula is C14H7Cl8NO.